The lowest BCUT2D eigenvalue weighted by Gasteiger charge is -2.28. The number of benzene rings is 1. The second-order valence-electron chi connectivity index (χ2n) is 7.38. The zero-order valence-electron chi connectivity index (χ0n) is 16.5. The van der Waals surface area contributed by atoms with Crippen LogP contribution in [0, 0.1) is 6.92 Å². The molecule has 4 rings (SSSR count). The van der Waals surface area contributed by atoms with Gasteiger partial charge in [0.15, 0.2) is 11.5 Å². The number of hydrogen-bond donors (Lipinski definition) is 3. The van der Waals surface area contributed by atoms with E-state index in [2.05, 4.69) is 22.5 Å². The molecule has 0 aliphatic heterocycles. The minimum absolute atomic E-state index is 0.333. The Hall–Kier alpha value is -2.80. The summed E-state index contributed by atoms with van der Waals surface area (Å²) in [6.45, 7) is 4.72. The Bertz CT molecular complexity index is 928. The smallest absolute Gasteiger partial charge is 0.177 e. The van der Waals surface area contributed by atoms with Gasteiger partial charge in [0.1, 0.15) is 5.75 Å². The number of hydrogen-bond acceptors (Lipinski definition) is 6. The van der Waals surface area contributed by atoms with Crippen LogP contribution in [0.3, 0.4) is 0 Å². The van der Waals surface area contributed by atoms with Gasteiger partial charge in [0, 0.05) is 35.7 Å². The highest BCUT2D eigenvalue weighted by Crippen LogP contribution is 2.31. The van der Waals surface area contributed by atoms with E-state index in [-0.39, 0.29) is 0 Å². The van der Waals surface area contributed by atoms with Gasteiger partial charge in [-0.2, -0.15) is 0 Å². The third-order valence-electron chi connectivity index (χ3n) is 5.33. The average molecular weight is 380 g/mol. The molecule has 4 N–H and O–H groups in total. The normalized spacial score (nSPS) is 19.5. The molecule has 0 bridgehead atoms. The topological polar surface area (TPSA) is 89.5 Å². The van der Waals surface area contributed by atoms with Crippen LogP contribution < -0.4 is 21.1 Å². The molecule has 1 aliphatic carbocycles. The van der Waals surface area contributed by atoms with Crippen molar-refractivity contribution < 1.29 is 4.74 Å². The summed E-state index contributed by atoms with van der Waals surface area (Å²) in [5, 5.41) is 11.9. The molecular formula is C21H28N6O. The van der Waals surface area contributed by atoms with Crippen LogP contribution in [0.1, 0.15) is 38.2 Å². The van der Waals surface area contributed by atoms with Crippen molar-refractivity contribution in [2.45, 2.75) is 51.6 Å². The summed E-state index contributed by atoms with van der Waals surface area (Å²) >= 11 is 0. The van der Waals surface area contributed by atoms with Crippen LogP contribution in [-0.2, 0) is 0 Å². The SMILES string of the molecule is CCOc1ccc(Nc2c(C)c(NC3CCC(N)CC3)nn3ccnc23)cc1. The average Bonchev–Trinajstić information content (AvgIpc) is 3.16. The van der Waals surface area contributed by atoms with E-state index in [1.165, 1.54) is 0 Å². The first-order valence-electron chi connectivity index (χ1n) is 10.00. The summed E-state index contributed by atoms with van der Waals surface area (Å²) < 4.78 is 7.35. The van der Waals surface area contributed by atoms with Crippen LogP contribution in [0.15, 0.2) is 36.7 Å². The third-order valence-corrected chi connectivity index (χ3v) is 5.33. The predicted octanol–water partition coefficient (Wildman–Crippen LogP) is 3.86. The van der Waals surface area contributed by atoms with Crippen molar-refractivity contribution in [3.05, 3.63) is 42.2 Å². The molecule has 28 heavy (non-hydrogen) atoms. The van der Waals surface area contributed by atoms with E-state index in [9.17, 15) is 0 Å². The molecule has 7 nitrogen and oxygen atoms in total. The van der Waals surface area contributed by atoms with Gasteiger partial charge >= 0.3 is 0 Å². The first-order valence-corrected chi connectivity index (χ1v) is 10.00. The zero-order chi connectivity index (χ0) is 19.5. The maximum absolute atomic E-state index is 6.05. The van der Waals surface area contributed by atoms with E-state index in [1.807, 2.05) is 41.9 Å². The molecule has 148 valence electrons. The van der Waals surface area contributed by atoms with Crippen molar-refractivity contribution in [1.29, 1.82) is 0 Å². The molecule has 2 heterocycles. The molecule has 0 spiro atoms. The summed E-state index contributed by atoms with van der Waals surface area (Å²) in [6, 6.07) is 8.70. The lowest BCUT2D eigenvalue weighted by atomic mass is 9.92. The van der Waals surface area contributed by atoms with Crippen molar-refractivity contribution in [1.82, 2.24) is 14.6 Å². The number of fused-ring (bicyclic) bond motifs is 1. The second-order valence-corrected chi connectivity index (χ2v) is 7.38. The fraction of sp³-hybridized carbons (Fsp3) is 0.429. The predicted molar refractivity (Wildman–Crippen MR) is 112 cm³/mol. The van der Waals surface area contributed by atoms with Gasteiger partial charge in [-0.1, -0.05) is 0 Å². The number of ether oxygens (including phenoxy) is 1. The largest absolute Gasteiger partial charge is 0.494 e. The van der Waals surface area contributed by atoms with E-state index in [4.69, 9.17) is 15.6 Å². The Morgan fingerprint density at radius 1 is 1.18 bits per heavy atom. The van der Waals surface area contributed by atoms with E-state index in [1.54, 1.807) is 6.20 Å². The Morgan fingerprint density at radius 3 is 2.64 bits per heavy atom. The highest BCUT2D eigenvalue weighted by atomic mass is 16.5. The Balaban J connectivity index is 1.61. The maximum atomic E-state index is 6.05. The Labute approximate surface area is 165 Å². The number of nitrogens with two attached hydrogens (primary N) is 1. The molecular weight excluding hydrogens is 352 g/mol. The number of nitrogens with zero attached hydrogens (tertiary/aromatic N) is 3. The molecule has 0 unspecified atom stereocenters. The molecule has 7 heteroatoms. The number of nitrogens with one attached hydrogen (secondary N) is 2. The second kappa shape index (κ2) is 8.06. The fourth-order valence-corrected chi connectivity index (χ4v) is 3.71. The van der Waals surface area contributed by atoms with Crippen LogP contribution in [0.5, 0.6) is 5.75 Å². The van der Waals surface area contributed by atoms with Crippen LogP contribution >= 0.6 is 0 Å². The third kappa shape index (κ3) is 3.89. The molecule has 2 aromatic heterocycles. The van der Waals surface area contributed by atoms with Gasteiger partial charge in [0.2, 0.25) is 0 Å². The van der Waals surface area contributed by atoms with E-state index >= 15 is 0 Å². The molecule has 0 radical (unpaired) electrons. The van der Waals surface area contributed by atoms with Crippen molar-refractivity contribution in [3.8, 4) is 5.75 Å². The van der Waals surface area contributed by atoms with E-state index in [0.29, 0.717) is 18.7 Å². The molecule has 1 aromatic carbocycles. The molecule has 1 fully saturated rings. The number of rotatable bonds is 6. The lowest BCUT2D eigenvalue weighted by molar-refractivity contribution is 0.340. The molecule has 3 aromatic rings. The fourth-order valence-electron chi connectivity index (χ4n) is 3.71. The summed E-state index contributed by atoms with van der Waals surface area (Å²) in [6.07, 6.45) is 7.91. The van der Waals surface area contributed by atoms with Crippen LogP contribution in [-0.4, -0.2) is 33.3 Å². The first kappa shape index (κ1) is 18.6. The van der Waals surface area contributed by atoms with Gasteiger partial charge in [0.25, 0.3) is 0 Å². The van der Waals surface area contributed by atoms with Crippen molar-refractivity contribution >= 4 is 22.8 Å². The van der Waals surface area contributed by atoms with Gasteiger partial charge in [-0.15, -0.1) is 5.10 Å². The van der Waals surface area contributed by atoms with Crippen molar-refractivity contribution in [2.75, 3.05) is 17.2 Å². The molecule has 1 aliphatic rings. The molecule has 0 saturated heterocycles. The summed E-state index contributed by atoms with van der Waals surface area (Å²) in [7, 11) is 0. The monoisotopic (exact) mass is 380 g/mol. The van der Waals surface area contributed by atoms with E-state index in [0.717, 1.165) is 59.8 Å². The zero-order valence-corrected chi connectivity index (χ0v) is 16.5. The highest BCUT2D eigenvalue weighted by Gasteiger charge is 2.21. The van der Waals surface area contributed by atoms with Gasteiger partial charge in [-0.25, -0.2) is 9.50 Å². The Kier molecular flexibility index (Phi) is 5.34. The van der Waals surface area contributed by atoms with Crippen LogP contribution in [0.2, 0.25) is 0 Å². The first-order chi connectivity index (χ1) is 13.6. The van der Waals surface area contributed by atoms with Gasteiger partial charge in [-0.05, 0) is 63.8 Å². The minimum Gasteiger partial charge on any atom is -0.494 e. The number of imidazole rings is 1. The molecule has 0 amide bonds. The van der Waals surface area contributed by atoms with E-state index < -0.39 is 0 Å². The summed E-state index contributed by atoms with van der Waals surface area (Å²) in [5.74, 6) is 1.75. The standard InChI is InChI=1S/C21H28N6O/c1-3-28-18-10-8-16(9-11-18)24-19-14(2)20(26-27-13-12-23-21(19)27)25-17-6-4-15(22)5-7-17/h8-13,15,17,24H,3-7,22H2,1-2H3,(H,25,26). The van der Waals surface area contributed by atoms with Gasteiger partial charge < -0.3 is 21.1 Å². The van der Waals surface area contributed by atoms with Crippen molar-refractivity contribution in [3.63, 3.8) is 0 Å². The quantitative estimate of drug-likeness (QED) is 0.602. The molecule has 1 saturated carbocycles. The summed E-state index contributed by atoms with van der Waals surface area (Å²) in [5.41, 5.74) is 9.85. The summed E-state index contributed by atoms with van der Waals surface area (Å²) in [4.78, 5) is 4.49. The molecule has 0 atom stereocenters. The maximum Gasteiger partial charge on any atom is 0.177 e. The van der Waals surface area contributed by atoms with Crippen LogP contribution in [0.25, 0.3) is 5.65 Å². The minimum atomic E-state index is 0.333. The van der Waals surface area contributed by atoms with Gasteiger partial charge in [0.05, 0.1) is 12.3 Å². The number of aromatic nitrogens is 3. The van der Waals surface area contributed by atoms with Crippen molar-refractivity contribution in [2.24, 2.45) is 5.73 Å². The number of anilines is 3. The lowest BCUT2D eigenvalue weighted by Crippen LogP contribution is -2.33. The Morgan fingerprint density at radius 2 is 1.93 bits per heavy atom. The highest BCUT2D eigenvalue weighted by molar-refractivity contribution is 5.80. The van der Waals surface area contributed by atoms with Gasteiger partial charge in [-0.3, -0.25) is 0 Å². The van der Waals surface area contributed by atoms with Crippen LogP contribution in [0.4, 0.5) is 17.2 Å².